The summed E-state index contributed by atoms with van der Waals surface area (Å²) >= 11 is 1.35. The van der Waals surface area contributed by atoms with Crippen LogP contribution in [0.1, 0.15) is 35.4 Å². The Morgan fingerprint density at radius 2 is 2.11 bits per heavy atom. The third-order valence-electron chi connectivity index (χ3n) is 3.67. The third kappa shape index (κ3) is 3.76. The number of hydrogen-bond acceptors (Lipinski definition) is 4. The summed E-state index contributed by atoms with van der Waals surface area (Å²) in [5, 5.41) is 5.65. The van der Waals surface area contributed by atoms with E-state index in [2.05, 4.69) is 15.6 Å². The zero-order valence-electron chi connectivity index (χ0n) is 11.0. The van der Waals surface area contributed by atoms with Gasteiger partial charge in [-0.2, -0.15) is 0 Å². The van der Waals surface area contributed by atoms with Crippen molar-refractivity contribution < 1.29 is 9.59 Å². The lowest BCUT2D eigenvalue weighted by molar-refractivity contribution is -0.125. The van der Waals surface area contributed by atoms with Crippen LogP contribution in [0, 0.1) is 11.8 Å². The Bertz CT molecular complexity index is 425. The molecule has 0 spiro atoms. The van der Waals surface area contributed by atoms with Crippen LogP contribution in [0.2, 0.25) is 0 Å². The summed E-state index contributed by atoms with van der Waals surface area (Å²) in [4.78, 5) is 27.8. The van der Waals surface area contributed by atoms with Crippen molar-refractivity contribution in [1.29, 1.82) is 0 Å². The first-order valence-electron chi connectivity index (χ1n) is 6.59. The molecule has 1 saturated carbocycles. The van der Waals surface area contributed by atoms with Gasteiger partial charge in [-0.1, -0.05) is 0 Å². The van der Waals surface area contributed by atoms with E-state index in [1.54, 1.807) is 18.8 Å². The molecule has 2 amide bonds. The Morgan fingerprint density at radius 3 is 2.68 bits per heavy atom. The molecule has 19 heavy (non-hydrogen) atoms. The van der Waals surface area contributed by atoms with Crippen LogP contribution in [0.4, 0.5) is 0 Å². The first-order chi connectivity index (χ1) is 9.20. The molecule has 1 fully saturated rings. The number of thiazole rings is 1. The van der Waals surface area contributed by atoms with Crippen molar-refractivity contribution in [2.24, 2.45) is 11.8 Å². The average molecular weight is 281 g/mol. The van der Waals surface area contributed by atoms with Gasteiger partial charge in [0.2, 0.25) is 5.91 Å². The Kier molecular flexibility index (Phi) is 4.90. The molecule has 0 saturated heterocycles. The highest BCUT2D eigenvalue weighted by atomic mass is 32.1. The molecule has 0 aliphatic heterocycles. The summed E-state index contributed by atoms with van der Waals surface area (Å²) in [6.45, 7) is 0.692. The van der Waals surface area contributed by atoms with E-state index >= 15 is 0 Å². The average Bonchev–Trinajstić information content (AvgIpc) is 2.98. The maximum absolute atomic E-state index is 11.8. The molecule has 1 aliphatic rings. The van der Waals surface area contributed by atoms with Crippen LogP contribution in [-0.4, -0.2) is 30.4 Å². The van der Waals surface area contributed by atoms with E-state index in [9.17, 15) is 9.59 Å². The lowest BCUT2D eigenvalue weighted by atomic mass is 9.81. The Balaban J connectivity index is 1.71. The van der Waals surface area contributed by atoms with Crippen molar-refractivity contribution in [1.82, 2.24) is 15.6 Å². The Morgan fingerprint density at radius 1 is 1.37 bits per heavy atom. The summed E-state index contributed by atoms with van der Waals surface area (Å²) in [6, 6.07) is 0. The molecule has 0 bridgehead atoms. The number of rotatable bonds is 4. The van der Waals surface area contributed by atoms with Crippen LogP contribution in [0.3, 0.4) is 0 Å². The van der Waals surface area contributed by atoms with Crippen LogP contribution >= 0.6 is 11.3 Å². The van der Waals surface area contributed by atoms with Crippen molar-refractivity contribution in [3.63, 3.8) is 0 Å². The minimum Gasteiger partial charge on any atom is -0.359 e. The van der Waals surface area contributed by atoms with Gasteiger partial charge < -0.3 is 10.6 Å². The smallest absolute Gasteiger partial charge is 0.263 e. The highest BCUT2D eigenvalue weighted by Crippen LogP contribution is 2.28. The fourth-order valence-corrected chi connectivity index (χ4v) is 3.02. The first-order valence-corrected chi connectivity index (χ1v) is 7.47. The molecule has 5 nitrogen and oxygen atoms in total. The van der Waals surface area contributed by atoms with Gasteiger partial charge in [0, 0.05) is 19.5 Å². The van der Waals surface area contributed by atoms with Gasteiger partial charge in [-0.05, 0) is 31.6 Å². The van der Waals surface area contributed by atoms with Gasteiger partial charge >= 0.3 is 0 Å². The van der Waals surface area contributed by atoms with E-state index in [-0.39, 0.29) is 17.7 Å². The Hall–Kier alpha value is -1.43. The minimum absolute atomic E-state index is 0.0454. The van der Waals surface area contributed by atoms with Crippen molar-refractivity contribution in [2.45, 2.75) is 25.7 Å². The monoisotopic (exact) mass is 281 g/mol. The van der Waals surface area contributed by atoms with Gasteiger partial charge in [0.25, 0.3) is 5.91 Å². The van der Waals surface area contributed by atoms with E-state index in [0.717, 1.165) is 25.7 Å². The number of nitrogens with one attached hydrogen (secondary N) is 2. The molecule has 1 aromatic rings. The summed E-state index contributed by atoms with van der Waals surface area (Å²) in [5.41, 5.74) is 1.66. The molecule has 0 aromatic carbocycles. The predicted octanol–water partition coefficient (Wildman–Crippen LogP) is 1.43. The maximum Gasteiger partial charge on any atom is 0.263 e. The molecule has 2 N–H and O–H groups in total. The summed E-state index contributed by atoms with van der Waals surface area (Å²) in [7, 11) is 1.68. The van der Waals surface area contributed by atoms with E-state index in [4.69, 9.17) is 0 Å². The third-order valence-corrected chi connectivity index (χ3v) is 4.44. The number of amides is 2. The molecule has 0 radical (unpaired) electrons. The van der Waals surface area contributed by atoms with Crippen LogP contribution in [0.25, 0.3) is 0 Å². The molecule has 2 rings (SSSR count). The van der Waals surface area contributed by atoms with Crippen molar-refractivity contribution >= 4 is 23.2 Å². The highest BCUT2D eigenvalue weighted by Gasteiger charge is 2.25. The Labute approximate surface area is 116 Å². The number of hydrogen-bond donors (Lipinski definition) is 2. The molecular weight excluding hydrogens is 262 g/mol. The number of carbonyl (C=O) groups excluding carboxylic acids is 2. The van der Waals surface area contributed by atoms with Crippen molar-refractivity contribution in [2.75, 3.05) is 13.6 Å². The highest BCUT2D eigenvalue weighted by molar-refractivity contribution is 7.11. The SMILES string of the molecule is CNC(=O)C1CCC(CNC(=O)c2cncs2)CC1. The molecule has 6 heteroatoms. The topological polar surface area (TPSA) is 71.1 Å². The van der Waals surface area contributed by atoms with E-state index in [1.165, 1.54) is 11.3 Å². The quantitative estimate of drug-likeness (QED) is 0.877. The van der Waals surface area contributed by atoms with Crippen LogP contribution in [0.5, 0.6) is 0 Å². The van der Waals surface area contributed by atoms with Gasteiger partial charge in [0.05, 0.1) is 11.7 Å². The summed E-state index contributed by atoms with van der Waals surface area (Å²) in [6.07, 6.45) is 5.42. The fraction of sp³-hybridized carbons (Fsp3) is 0.615. The van der Waals surface area contributed by atoms with Crippen LogP contribution in [0.15, 0.2) is 11.7 Å². The molecule has 104 valence electrons. The number of nitrogens with zero attached hydrogens (tertiary/aromatic N) is 1. The van der Waals surface area contributed by atoms with Gasteiger partial charge in [0.15, 0.2) is 0 Å². The molecular formula is C13H19N3O2S. The largest absolute Gasteiger partial charge is 0.359 e. The lowest BCUT2D eigenvalue weighted by Gasteiger charge is -2.27. The molecule has 0 unspecified atom stereocenters. The van der Waals surface area contributed by atoms with Crippen LogP contribution in [-0.2, 0) is 4.79 Å². The van der Waals surface area contributed by atoms with Crippen molar-refractivity contribution in [3.05, 3.63) is 16.6 Å². The van der Waals surface area contributed by atoms with Gasteiger partial charge in [-0.15, -0.1) is 11.3 Å². The fourth-order valence-electron chi connectivity index (χ4n) is 2.48. The summed E-state index contributed by atoms with van der Waals surface area (Å²) < 4.78 is 0. The normalized spacial score (nSPS) is 22.8. The lowest BCUT2D eigenvalue weighted by Crippen LogP contribution is -2.34. The molecule has 1 aliphatic carbocycles. The van der Waals surface area contributed by atoms with Crippen LogP contribution < -0.4 is 10.6 Å². The molecule has 0 atom stereocenters. The van der Waals surface area contributed by atoms with Crippen molar-refractivity contribution in [3.8, 4) is 0 Å². The van der Waals surface area contributed by atoms with E-state index < -0.39 is 0 Å². The predicted molar refractivity (Wildman–Crippen MR) is 74.0 cm³/mol. The second-order valence-corrected chi connectivity index (χ2v) is 5.79. The molecule has 1 aromatic heterocycles. The van der Waals surface area contributed by atoms with E-state index in [1.807, 2.05) is 0 Å². The first kappa shape index (κ1) is 14.0. The summed E-state index contributed by atoms with van der Waals surface area (Å²) in [5.74, 6) is 0.735. The molecule has 1 heterocycles. The second-order valence-electron chi connectivity index (χ2n) is 4.91. The maximum atomic E-state index is 11.8. The van der Waals surface area contributed by atoms with E-state index in [0.29, 0.717) is 17.3 Å². The van der Waals surface area contributed by atoms with Gasteiger partial charge in [-0.3, -0.25) is 14.6 Å². The number of carbonyl (C=O) groups is 2. The second kappa shape index (κ2) is 6.65. The minimum atomic E-state index is -0.0454. The van der Waals surface area contributed by atoms with Gasteiger partial charge in [0.1, 0.15) is 4.88 Å². The standard InChI is InChI=1S/C13H19N3O2S/c1-14-12(17)10-4-2-9(3-5-10)6-16-13(18)11-7-15-8-19-11/h7-10H,2-6H2,1H3,(H,14,17)(H,16,18). The van der Waals surface area contributed by atoms with Gasteiger partial charge in [-0.25, -0.2) is 0 Å². The zero-order chi connectivity index (χ0) is 13.7. The number of aromatic nitrogens is 1. The zero-order valence-corrected chi connectivity index (χ0v) is 11.8.